The zero-order valence-corrected chi connectivity index (χ0v) is 23.5. The molecule has 1 aliphatic heterocycles. The van der Waals surface area contributed by atoms with Crippen molar-refractivity contribution >= 4 is 82.2 Å². The lowest BCUT2D eigenvalue weighted by Crippen LogP contribution is -2.40. The summed E-state index contributed by atoms with van der Waals surface area (Å²) in [6.07, 6.45) is 0. The maximum atomic E-state index is 3.89. The highest BCUT2D eigenvalue weighted by Crippen LogP contribution is 2.55. The van der Waals surface area contributed by atoms with Gasteiger partial charge in [0.05, 0.1) is 15.7 Å². The molecule has 0 radical (unpaired) electrons. The van der Waals surface area contributed by atoms with Crippen LogP contribution >= 0.6 is 22.7 Å². The van der Waals surface area contributed by atoms with Gasteiger partial charge in [0.25, 0.3) is 0 Å². The molecule has 1 atom stereocenters. The number of thiophene rings is 2. The van der Waals surface area contributed by atoms with E-state index in [0.29, 0.717) is 5.92 Å². The molecule has 0 bridgehead atoms. The molecule has 0 saturated heterocycles. The number of aromatic amines is 1. The molecule has 10 rings (SSSR count). The molecular formula is C36H22BNS2. The van der Waals surface area contributed by atoms with Crippen LogP contribution in [-0.2, 0) is 0 Å². The number of nitrogens with one attached hydrogen (secondary N) is 1. The van der Waals surface area contributed by atoms with Crippen molar-refractivity contribution in [2.75, 3.05) is 0 Å². The van der Waals surface area contributed by atoms with Crippen LogP contribution in [0, 0.1) is 6.92 Å². The molecule has 1 nitrogen and oxygen atoms in total. The van der Waals surface area contributed by atoms with E-state index in [1.54, 1.807) is 5.56 Å². The summed E-state index contributed by atoms with van der Waals surface area (Å²) in [5, 5.41) is 4.05. The van der Waals surface area contributed by atoms with E-state index in [2.05, 4.69) is 109 Å². The number of H-pyrrole nitrogens is 1. The molecular weight excluding hydrogens is 521 g/mol. The minimum absolute atomic E-state index is 0.316. The molecule has 8 aromatic rings. The third kappa shape index (κ3) is 2.64. The second-order valence-corrected chi connectivity index (χ2v) is 13.5. The summed E-state index contributed by atoms with van der Waals surface area (Å²) in [4.78, 5) is 5.41. The van der Waals surface area contributed by atoms with Crippen LogP contribution in [0.1, 0.15) is 27.5 Å². The molecule has 2 aliphatic rings. The molecule has 1 unspecified atom stereocenters. The summed E-state index contributed by atoms with van der Waals surface area (Å²) >= 11 is 3.89. The van der Waals surface area contributed by atoms with Crippen LogP contribution < -0.4 is 10.9 Å². The number of aryl methyl sites for hydroxylation is 1. The van der Waals surface area contributed by atoms with Crippen molar-refractivity contribution in [1.29, 1.82) is 0 Å². The average molecular weight is 544 g/mol. The van der Waals surface area contributed by atoms with E-state index in [4.69, 9.17) is 0 Å². The first kappa shape index (κ1) is 21.7. The van der Waals surface area contributed by atoms with E-state index in [1.807, 2.05) is 22.7 Å². The van der Waals surface area contributed by atoms with Gasteiger partial charge in [-0.1, -0.05) is 101 Å². The topological polar surface area (TPSA) is 15.8 Å². The van der Waals surface area contributed by atoms with E-state index >= 15 is 0 Å². The van der Waals surface area contributed by atoms with Crippen LogP contribution in [0.25, 0.3) is 63.5 Å². The van der Waals surface area contributed by atoms with Gasteiger partial charge in [0.2, 0.25) is 0 Å². The number of benzene rings is 5. The van der Waals surface area contributed by atoms with Crippen LogP contribution in [0.4, 0.5) is 0 Å². The third-order valence-corrected chi connectivity index (χ3v) is 11.6. The number of fused-ring (bicyclic) bond motifs is 12. The largest absolute Gasteiger partial charge is 0.353 e. The molecule has 4 heterocycles. The summed E-state index contributed by atoms with van der Waals surface area (Å²) < 4.78 is 4.10. The van der Waals surface area contributed by atoms with Crippen molar-refractivity contribution in [3.63, 3.8) is 0 Å². The maximum absolute atomic E-state index is 3.89. The normalized spacial score (nSPS) is 15.1. The molecule has 0 fully saturated rings. The Morgan fingerprint density at radius 1 is 0.675 bits per heavy atom. The van der Waals surface area contributed by atoms with Crippen molar-refractivity contribution in [3.05, 3.63) is 119 Å². The zero-order chi connectivity index (χ0) is 26.1. The van der Waals surface area contributed by atoms with Crippen molar-refractivity contribution < 1.29 is 0 Å². The van der Waals surface area contributed by atoms with E-state index in [9.17, 15) is 0 Å². The lowest BCUT2D eigenvalue weighted by atomic mass is 9.53. The van der Waals surface area contributed by atoms with Gasteiger partial charge in [0, 0.05) is 47.5 Å². The fraction of sp³-hybridized carbons (Fsp3) is 0.0556. The second-order valence-electron chi connectivity index (χ2n) is 11.4. The third-order valence-electron chi connectivity index (χ3n) is 9.19. The Hall–Kier alpha value is -4.12. The SMILES string of the molecule is Cc1cc(-c2cccc3c2[nH]c2c4ccccc4sc32)c2c(c1)C1c3sc4ccccc4c3-c3cccc(c31)B2. The van der Waals surface area contributed by atoms with Gasteiger partial charge in [0.15, 0.2) is 7.28 Å². The van der Waals surface area contributed by atoms with E-state index < -0.39 is 0 Å². The number of aromatic nitrogens is 1. The highest BCUT2D eigenvalue weighted by molar-refractivity contribution is 7.26. The average Bonchev–Trinajstić information content (AvgIpc) is 3.71. The van der Waals surface area contributed by atoms with Gasteiger partial charge in [0.1, 0.15) is 0 Å². The summed E-state index contributed by atoms with van der Waals surface area (Å²) in [6.45, 7) is 2.27. The minimum atomic E-state index is 0.316. The Balaban J connectivity index is 1.27. The molecule has 5 aromatic carbocycles. The van der Waals surface area contributed by atoms with Crippen molar-refractivity contribution in [1.82, 2.24) is 4.98 Å². The molecule has 4 heteroatoms. The predicted octanol–water partition coefficient (Wildman–Crippen LogP) is 8.59. The van der Waals surface area contributed by atoms with Crippen molar-refractivity contribution in [3.8, 4) is 22.3 Å². The Morgan fingerprint density at radius 2 is 1.43 bits per heavy atom. The maximum Gasteiger partial charge on any atom is 0.193 e. The molecule has 40 heavy (non-hydrogen) atoms. The molecule has 0 saturated carbocycles. The van der Waals surface area contributed by atoms with Crippen LogP contribution in [-0.4, -0.2) is 12.3 Å². The lowest BCUT2D eigenvalue weighted by Gasteiger charge is -2.28. The smallest absolute Gasteiger partial charge is 0.193 e. The highest BCUT2D eigenvalue weighted by Gasteiger charge is 2.39. The van der Waals surface area contributed by atoms with Gasteiger partial charge >= 0.3 is 0 Å². The fourth-order valence-electron chi connectivity index (χ4n) is 7.61. The number of hydrogen-bond donors (Lipinski definition) is 1. The quantitative estimate of drug-likeness (QED) is 0.200. The standard InChI is InChI=1S/C36H22BNS2/c1-18-16-24(19-10-6-12-23-33(19)38-34-21-9-3-5-15-28(21)39-35(23)34)32-25(17-18)31-30-22(11-7-13-26(30)37-32)29-20-8-2-4-14-27(20)40-36(29)31/h2-17,31,37-38H,1H3. The zero-order valence-electron chi connectivity index (χ0n) is 21.8. The Morgan fingerprint density at radius 3 is 2.33 bits per heavy atom. The van der Waals surface area contributed by atoms with Crippen LogP contribution in [0.3, 0.4) is 0 Å². The summed E-state index contributed by atoms with van der Waals surface area (Å²) in [7, 11) is 0.978. The molecule has 186 valence electrons. The first-order valence-corrected chi connectivity index (χ1v) is 15.6. The first-order chi connectivity index (χ1) is 19.7. The van der Waals surface area contributed by atoms with E-state index in [-0.39, 0.29) is 0 Å². The van der Waals surface area contributed by atoms with Crippen molar-refractivity contribution in [2.45, 2.75) is 12.8 Å². The lowest BCUT2D eigenvalue weighted by molar-refractivity contribution is 1.05. The van der Waals surface area contributed by atoms with E-state index in [1.165, 1.54) is 90.5 Å². The number of hydrogen-bond acceptors (Lipinski definition) is 2. The molecule has 1 aliphatic carbocycles. The number of para-hydroxylation sites is 1. The Bertz CT molecular complexity index is 2380. The second kappa shape index (κ2) is 7.54. The van der Waals surface area contributed by atoms with Gasteiger partial charge < -0.3 is 4.98 Å². The van der Waals surface area contributed by atoms with Gasteiger partial charge in [-0.25, -0.2) is 0 Å². The van der Waals surface area contributed by atoms with Crippen LogP contribution in [0.2, 0.25) is 0 Å². The number of rotatable bonds is 1. The molecule has 0 spiro atoms. The summed E-state index contributed by atoms with van der Waals surface area (Å²) in [6, 6.07) is 36.5. The minimum Gasteiger partial charge on any atom is -0.353 e. The van der Waals surface area contributed by atoms with Crippen molar-refractivity contribution in [2.24, 2.45) is 0 Å². The van der Waals surface area contributed by atoms with Crippen LogP contribution in [0.5, 0.6) is 0 Å². The molecule has 3 aromatic heterocycles. The van der Waals surface area contributed by atoms with Gasteiger partial charge in [-0.15, -0.1) is 22.7 Å². The van der Waals surface area contributed by atoms with Gasteiger partial charge in [-0.2, -0.15) is 0 Å². The summed E-state index contributed by atoms with van der Waals surface area (Å²) in [5.41, 5.74) is 15.5. The summed E-state index contributed by atoms with van der Waals surface area (Å²) in [5.74, 6) is 0.316. The van der Waals surface area contributed by atoms with E-state index in [0.717, 1.165) is 7.28 Å². The van der Waals surface area contributed by atoms with Crippen LogP contribution in [0.15, 0.2) is 97.1 Å². The monoisotopic (exact) mass is 543 g/mol. The predicted molar refractivity (Wildman–Crippen MR) is 176 cm³/mol. The molecule has 0 amide bonds. The highest BCUT2D eigenvalue weighted by atomic mass is 32.1. The molecule has 1 N–H and O–H groups in total. The fourth-order valence-corrected chi connectivity index (χ4v) is 10.2. The first-order valence-electron chi connectivity index (χ1n) is 13.9. The Kier molecular flexibility index (Phi) is 4.09. The van der Waals surface area contributed by atoms with Gasteiger partial charge in [-0.3, -0.25) is 0 Å². The van der Waals surface area contributed by atoms with Gasteiger partial charge in [-0.05, 0) is 41.3 Å². The Labute approximate surface area is 240 Å².